The van der Waals surface area contributed by atoms with Gasteiger partial charge < -0.3 is 9.84 Å². The Hall–Kier alpha value is -1.36. The van der Waals surface area contributed by atoms with Crippen LogP contribution in [0.5, 0.6) is 0 Å². The van der Waals surface area contributed by atoms with E-state index in [2.05, 4.69) is 4.98 Å². The Morgan fingerprint density at radius 2 is 1.94 bits per heavy atom. The average molecular weight is 226 g/mol. The van der Waals surface area contributed by atoms with Crippen LogP contribution in [0.1, 0.15) is 40.3 Å². The number of aromatic nitrogens is 2. The Bertz CT molecular complexity index is 383. The standard InChI is InChI=1S/C11H18N2O3/c1-10(2,3)16-9(14)13-6-8(12-7-13)11(4,5)15/h6-7,15H,1-5H3. The molecule has 1 heterocycles. The van der Waals surface area contributed by atoms with Crippen LogP contribution in [0.2, 0.25) is 0 Å². The first kappa shape index (κ1) is 12.7. The Labute approximate surface area is 95.1 Å². The summed E-state index contributed by atoms with van der Waals surface area (Å²) >= 11 is 0. The highest BCUT2D eigenvalue weighted by molar-refractivity contribution is 5.70. The molecule has 1 aromatic rings. The molecule has 16 heavy (non-hydrogen) atoms. The van der Waals surface area contributed by atoms with Gasteiger partial charge in [0.2, 0.25) is 0 Å². The monoisotopic (exact) mass is 226 g/mol. The molecule has 5 heteroatoms. The van der Waals surface area contributed by atoms with Crippen LogP contribution in [0, 0.1) is 0 Å². The highest BCUT2D eigenvalue weighted by atomic mass is 16.6. The normalized spacial score (nSPS) is 12.6. The second kappa shape index (κ2) is 3.90. The van der Waals surface area contributed by atoms with Crippen LogP contribution in [0.3, 0.4) is 0 Å². The van der Waals surface area contributed by atoms with Crippen molar-refractivity contribution in [2.75, 3.05) is 0 Å². The number of carbonyl (C=O) groups excluding carboxylic acids is 1. The Morgan fingerprint density at radius 3 is 2.31 bits per heavy atom. The highest BCUT2D eigenvalue weighted by Gasteiger charge is 2.22. The van der Waals surface area contributed by atoms with Crippen LogP contribution in [0.25, 0.3) is 0 Å². The van der Waals surface area contributed by atoms with Gasteiger partial charge in [0.1, 0.15) is 17.5 Å². The van der Waals surface area contributed by atoms with E-state index >= 15 is 0 Å². The zero-order valence-electron chi connectivity index (χ0n) is 10.3. The fourth-order valence-electron chi connectivity index (χ4n) is 1.05. The molecule has 1 aromatic heterocycles. The maximum atomic E-state index is 11.6. The number of imidazole rings is 1. The van der Waals surface area contributed by atoms with Crippen molar-refractivity contribution >= 4 is 6.09 Å². The lowest BCUT2D eigenvalue weighted by molar-refractivity contribution is 0.0534. The Balaban J connectivity index is 2.83. The van der Waals surface area contributed by atoms with Gasteiger partial charge >= 0.3 is 6.09 Å². The SMILES string of the molecule is CC(C)(C)OC(=O)n1cnc(C(C)(C)O)c1. The van der Waals surface area contributed by atoms with Gasteiger partial charge in [-0.1, -0.05) is 0 Å². The number of nitrogens with zero attached hydrogens (tertiary/aromatic N) is 2. The van der Waals surface area contributed by atoms with Crippen molar-refractivity contribution in [1.29, 1.82) is 0 Å². The van der Waals surface area contributed by atoms with E-state index < -0.39 is 17.3 Å². The van der Waals surface area contributed by atoms with Crippen molar-refractivity contribution in [3.05, 3.63) is 18.2 Å². The molecule has 1 rings (SSSR count). The van der Waals surface area contributed by atoms with Gasteiger partial charge in [-0.2, -0.15) is 0 Å². The third-order valence-corrected chi connectivity index (χ3v) is 1.81. The molecule has 0 atom stereocenters. The van der Waals surface area contributed by atoms with Gasteiger partial charge in [-0.05, 0) is 34.6 Å². The number of hydrogen-bond acceptors (Lipinski definition) is 4. The summed E-state index contributed by atoms with van der Waals surface area (Å²) in [7, 11) is 0. The van der Waals surface area contributed by atoms with E-state index in [0.717, 1.165) is 0 Å². The Kier molecular flexibility index (Phi) is 3.10. The fraction of sp³-hybridized carbons (Fsp3) is 0.636. The molecule has 0 aliphatic carbocycles. The quantitative estimate of drug-likeness (QED) is 0.794. The lowest BCUT2D eigenvalue weighted by Crippen LogP contribution is -2.26. The minimum absolute atomic E-state index is 0.429. The van der Waals surface area contributed by atoms with Gasteiger partial charge in [0.25, 0.3) is 0 Å². The molecular formula is C11H18N2O3. The van der Waals surface area contributed by atoms with E-state index in [9.17, 15) is 9.90 Å². The number of hydrogen-bond donors (Lipinski definition) is 1. The minimum Gasteiger partial charge on any atom is -0.443 e. The van der Waals surface area contributed by atoms with Crippen LogP contribution in [0.4, 0.5) is 4.79 Å². The summed E-state index contributed by atoms with van der Waals surface area (Å²) < 4.78 is 6.37. The van der Waals surface area contributed by atoms with Gasteiger partial charge in [0.05, 0.1) is 5.69 Å². The van der Waals surface area contributed by atoms with Crippen molar-refractivity contribution in [3.8, 4) is 0 Å². The summed E-state index contributed by atoms with van der Waals surface area (Å²) in [5, 5.41) is 9.69. The zero-order chi connectivity index (χ0) is 12.6. The van der Waals surface area contributed by atoms with E-state index in [0.29, 0.717) is 5.69 Å². The number of rotatable bonds is 1. The first-order chi connectivity index (χ1) is 7.09. The van der Waals surface area contributed by atoms with Crippen molar-refractivity contribution < 1.29 is 14.6 Å². The second-order valence-electron chi connectivity index (χ2n) is 5.21. The van der Waals surface area contributed by atoms with Crippen molar-refractivity contribution in [2.24, 2.45) is 0 Å². The molecule has 0 unspecified atom stereocenters. The zero-order valence-corrected chi connectivity index (χ0v) is 10.3. The van der Waals surface area contributed by atoms with Gasteiger partial charge in [-0.25, -0.2) is 14.3 Å². The molecule has 0 saturated heterocycles. The van der Waals surface area contributed by atoms with Crippen molar-refractivity contribution in [3.63, 3.8) is 0 Å². The van der Waals surface area contributed by atoms with E-state index in [-0.39, 0.29) is 0 Å². The molecule has 0 saturated carbocycles. The number of aliphatic hydroxyl groups is 1. The molecule has 0 aliphatic heterocycles. The van der Waals surface area contributed by atoms with Gasteiger partial charge in [0.15, 0.2) is 0 Å². The first-order valence-electron chi connectivity index (χ1n) is 5.10. The molecule has 0 radical (unpaired) electrons. The molecule has 1 N–H and O–H groups in total. The van der Waals surface area contributed by atoms with Gasteiger partial charge in [-0.15, -0.1) is 0 Å². The van der Waals surface area contributed by atoms with Gasteiger partial charge in [-0.3, -0.25) is 0 Å². The minimum atomic E-state index is -1.06. The molecule has 0 aliphatic rings. The maximum absolute atomic E-state index is 11.6. The predicted molar refractivity (Wildman–Crippen MR) is 59.1 cm³/mol. The molecule has 0 spiro atoms. The average Bonchev–Trinajstić information content (AvgIpc) is 2.46. The van der Waals surface area contributed by atoms with E-state index in [1.54, 1.807) is 34.6 Å². The Morgan fingerprint density at radius 1 is 1.38 bits per heavy atom. The third-order valence-electron chi connectivity index (χ3n) is 1.81. The van der Waals surface area contributed by atoms with E-state index in [4.69, 9.17) is 4.74 Å². The van der Waals surface area contributed by atoms with Crippen LogP contribution in [-0.2, 0) is 10.3 Å². The maximum Gasteiger partial charge on any atom is 0.419 e. The van der Waals surface area contributed by atoms with E-state index in [1.807, 2.05) is 0 Å². The van der Waals surface area contributed by atoms with Crippen molar-refractivity contribution in [1.82, 2.24) is 9.55 Å². The smallest absolute Gasteiger partial charge is 0.419 e. The summed E-state index contributed by atoms with van der Waals surface area (Å²) in [5.74, 6) is 0. The summed E-state index contributed by atoms with van der Waals surface area (Å²) in [6.07, 6.45) is 2.30. The highest BCUT2D eigenvalue weighted by Crippen LogP contribution is 2.17. The summed E-state index contributed by atoms with van der Waals surface area (Å²) in [5.41, 5.74) is -1.18. The van der Waals surface area contributed by atoms with Crippen LogP contribution in [-0.4, -0.2) is 26.4 Å². The van der Waals surface area contributed by atoms with E-state index in [1.165, 1.54) is 17.1 Å². The molecule has 0 fully saturated rings. The summed E-state index contributed by atoms with van der Waals surface area (Å²) in [4.78, 5) is 15.6. The molecule has 0 amide bonds. The topological polar surface area (TPSA) is 64.4 Å². The van der Waals surface area contributed by atoms with Crippen LogP contribution >= 0.6 is 0 Å². The molecule has 90 valence electrons. The first-order valence-corrected chi connectivity index (χ1v) is 5.10. The van der Waals surface area contributed by atoms with Gasteiger partial charge in [0, 0.05) is 6.20 Å². The summed E-state index contributed by atoms with van der Waals surface area (Å²) in [6, 6.07) is 0. The second-order valence-corrected chi connectivity index (χ2v) is 5.21. The molecular weight excluding hydrogens is 208 g/mol. The number of ether oxygens (including phenoxy) is 1. The summed E-state index contributed by atoms with van der Waals surface area (Å²) in [6.45, 7) is 8.58. The van der Waals surface area contributed by atoms with Crippen molar-refractivity contribution in [2.45, 2.75) is 45.8 Å². The predicted octanol–water partition coefficient (Wildman–Crippen LogP) is 1.89. The van der Waals surface area contributed by atoms with Crippen LogP contribution < -0.4 is 0 Å². The number of carbonyl (C=O) groups is 1. The fourth-order valence-corrected chi connectivity index (χ4v) is 1.05. The molecule has 0 bridgehead atoms. The lowest BCUT2D eigenvalue weighted by atomic mass is 10.1. The third kappa shape index (κ3) is 3.34. The molecule has 5 nitrogen and oxygen atoms in total. The lowest BCUT2D eigenvalue weighted by Gasteiger charge is -2.19. The largest absolute Gasteiger partial charge is 0.443 e. The van der Waals surface area contributed by atoms with Crippen LogP contribution in [0.15, 0.2) is 12.5 Å². The molecule has 0 aromatic carbocycles.